The Morgan fingerprint density at radius 2 is 1.71 bits per heavy atom. The first kappa shape index (κ1) is 13.7. The van der Waals surface area contributed by atoms with Gasteiger partial charge in [0.15, 0.2) is 5.13 Å². The fourth-order valence-electron chi connectivity index (χ4n) is 1.75. The van der Waals surface area contributed by atoms with Crippen LogP contribution in [0.3, 0.4) is 0 Å². The molecular weight excluding hydrogens is 306 g/mol. The van der Waals surface area contributed by atoms with E-state index in [2.05, 4.69) is 14.7 Å². The number of sulfonamides is 1. The number of benzene rings is 1. The SMILES string of the molecule is O=S(=O)(Nc1nc(-c2ccncc2)cs1)c1ccccc1. The van der Waals surface area contributed by atoms with Crippen LogP contribution in [0.15, 0.2) is 65.1 Å². The summed E-state index contributed by atoms with van der Waals surface area (Å²) in [6.45, 7) is 0. The van der Waals surface area contributed by atoms with Crippen LogP contribution in [0, 0.1) is 0 Å². The average Bonchev–Trinajstić information content (AvgIpc) is 2.97. The fraction of sp³-hybridized carbons (Fsp3) is 0. The lowest BCUT2D eigenvalue weighted by Crippen LogP contribution is -2.12. The van der Waals surface area contributed by atoms with Gasteiger partial charge >= 0.3 is 0 Å². The first-order valence-corrected chi connectivity index (χ1v) is 8.45. The monoisotopic (exact) mass is 317 g/mol. The van der Waals surface area contributed by atoms with Gasteiger partial charge in [0.2, 0.25) is 0 Å². The van der Waals surface area contributed by atoms with Crippen molar-refractivity contribution in [2.45, 2.75) is 4.90 Å². The summed E-state index contributed by atoms with van der Waals surface area (Å²) in [4.78, 5) is 8.45. The van der Waals surface area contributed by atoms with Crippen LogP contribution < -0.4 is 4.72 Å². The smallest absolute Gasteiger partial charge is 0.263 e. The van der Waals surface area contributed by atoms with Crippen molar-refractivity contribution in [3.63, 3.8) is 0 Å². The highest BCUT2D eigenvalue weighted by Crippen LogP contribution is 2.26. The minimum Gasteiger partial charge on any atom is -0.265 e. The number of pyridine rings is 1. The topological polar surface area (TPSA) is 72.0 Å². The molecule has 0 aliphatic heterocycles. The number of nitrogens with one attached hydrogen (secondary N) is 1. The van der Waals surface area contributed by atoms with E-state index in [1.807, 2.05) is 12.1 Å². The molecule has 106 valence electrons. The molecule has 0 radical (unpaired) electrons. The molecule has 21 heavy (non-hydrogen) atoms. The molecule has 2 heterocycles. The molecule has 0 atom stereocenters. The van der Waals surface area contributed by atoms with E-state index in [0.29, 0.717) is 10.8 Å². The summed E-state index contributed by atoms with van der Waals surface area (Å²) >= 11 is 1.24. The highest BCUT2D eigenvalue weighted by atomic mass is 32.2. The maximum absolute atomic E-state index is 12.2. The van der Waals surface area contributed by atoms with Crippen LogP contribution in [0.1, 0.15) is 0 Å². The summed E-state index contributed by atoms with van der Waals surface area (Å²) in [5.74, 6) is 0. The van der Waals surface area contributed by atoms with Gasteiger partial charge in [0.25, 0.3) is 10.0 Å². The molecular formula is C14H11N3O2S2. The quantitative estimate of drug-likeness (QED) is 0.803. The zero-order valence-electron chi connectivity index (χ0n) is 10.8. The van der Waals surface area contributed by atoms with Crippen LogP contribution in [0.2, 0.25) is 0 Å². The normalized spacial score (nSPS) is 11.2. The van der Waals surface area contributed by atoms with Crippen molar-refractivity contribution < 1.29 is 8.42 Å². The number of anilines is 1. The van der Waals surface area contributed by atoms with Crippen LogP contribution in [0.25, 0.3) is 11.3 Å². The molecule has 0 bridgehead atoms. The van der Waals surface area contributed by atoms with Gasteiger partial charge in [-0.2, -0.15) is 0 Å². The van der Waals surface area contributed by atoms with Gasteiger partial charge in [0.1, 0.15) is 0 Å². The Morgan fingerprint density at radius 1 is 1.00 bits per heavy atom. The molecule has 1 N–H and O–H groups in total. The highest BCUT2D eigenvalue weighted by Gasteiger charge is 2.15. The number of thiazole rings is 1. The Morgan fingerprint density at radius 3 is 2.43 bits per heavy atom. The van der Waals surface area contributed by atoms with Gasteiger partial charge in [-0.15, -0.1) is 11.3 Å². The van der Waals surface area contributed by atoms with E-state index in [1.54, 1.807) is 48.1 Å². The van der Waals surface area contributed by atoms with Gasteiger partial charge in [-0.05, 0) is 24.3 Å². The van der Waals surface area contributed by atoms with Crippen LogP contribution in [-0.4, -0.2) is 18.4 Å². The maximum atomic E-state index is 12.2. The average molecular weight is 317 g/mol. The summed E-state index contributed by atoms with van der Waals surface area (Å²) < 4.78 is 26.9. The predicted octanol–water partition coefficient (Wildman–Crippen LogP) is 3.01. The Kier molecular flexibility index (Phi) is 3.68. The third-order valence-corrected chi connectivity index (χ3v) is 5.00. The lowest BCUT2D eigenvalue weighted by molar-refractivity contribution is 0.601. The van der Waals surface area contributed by atoms with Crippen molar-refractivity contribution in [2.24, 2.45) is 0 Å². The van der Waals surface area contributed by atoms with E-state index in [4.69, 9.17) is 0 Å². The van der Waals surface area contributed by atoms with E-state index in [1.165, 1.54) is 11.3 Å². The zero-order valence-corrected chi connectivity index (χ0v) is 12.4. The van der Waals surface area contributed by atoms with Crippen molar-refractivity contribution in [1.29, 1.82) is 0 Å². The summed E-state index contributed by atoms with van der Waals surface area (Å²) in [7, 11) is -3.60. The minimum absolute atomic E-state index is 0.214. The lowest BCUT2D eigenvalue weighted by Gasteiger charge is -2.04. The molecule has 5 nitrogen and oxygen atoms in total. The van der Waals surface area contributed by atoms with Crippen LogP contribution in [0.5, 0.6) is 0 Å². The third kappa shape index (κ3) is 3.09. The molecule has 7 heteroatoms. The Bertz CT molecular complexity index is 831. The number of rotatable bonds is 4. The second kappa shape index (κ2) is 5.63. The molecule has 0 unspecified atom stereocenters. The Labute approximate surface area is 126 Å². The Hall–Kier alpha value is -2.25. The van der Waals surface area contributed by atoms with Crippen molar-refractivity contribution in [3.05, 3.63) is 60.2 Å². The minimum atomic E-state index is -3.60. The van der Waals surface area contributed by atoms with Gasteiger partial charge < -0.3 is 0 Å². The standard InChI is InChI=1S/C14H11N3O2S2/c18-21(19,12-4-2-1-3-5-12)17-14-16-13(10-20-14)11-6-8-15-9-7-11/h1-10H,(H,16,17). The molecule has 0 amide bonds. The fourth-order valence-corrected chi connectivity index (χ4v) is 3.74. The largest absolute Gasteiger partial charge is 0.265 e. The second-order valence-corrected chi connectivity index (χ2v) is 6.73. The molecule has 1 aromatic carbocycles. The van der Waals surface area contributed by atoms with E-state index in [-0.39, 0.29) is 4.90 Å². The molecule has 0 aliphatic carbocycles. The zero-order chi connectivity index (χ0) is 14.7. The van der Waals surface area contributed by atoms with Gasteiger partial charge in [0.05, 0.1) is 10.6 Å². The van der Waals surface area contributed by atoms with Gasteiger partial charge in [-0.3, -0.25) is 9.71 Å². The van der Waals surface area contributed by atoms with E-state index in [0.717, 1.165) is 5.56 Å². The molecule has 0 saturated carbocycles. The summed E-state index contributed by atoms with van der Waals surface area (Å²) in [5, 5.41) is 2.14. The maximum Gasteiger partial charge on any atom is 0.263 e. The molecule has 0 fully saturated rings. The second-order valence-electron chi connectivity index (χ2n) is 4.19. The molecule has 0 saturated heterocycles. The van der Waals surface area contributed by atoms with Crippen LogP contribution in [0.4, 0.5) is 5.13 Å². The van der Waals surface area contributed by atoms with Crippen molar-refractivity contribution in [3.8, 4) is 11.3 Å². The number of nitrogens with zero attached hydrogens (tertiary/aromatic N) is 2. The van der Waals surface area contributed by atoms with Crippen LogP contribution in [-0.2, 0) is 10.0 Å². The first-order valence-electron chi connectivity index (χ1n) is 6.09. The summed E-state index contributed by atoms with van der Waals surface area (Å²) in [6, 6.07) is 11.9. The van der Waals surface area contributed by atoms with Gasteiger partial charge in [-0.25, -0.2) is 13.4 Å². The van der Waals surface area contributed by atoms with Crippen molar-refractivity contribution in [2.75, 3.05) is 4.72 Å². The molecule has 3 rings (SSSR count). The first-order chi connectivity index (χ1) is 10.1. The van der Waals surface area contributed by atoms with E-state index in [9.17, 15) is 8.42 Å². The predicted molar refractivity (Wildman–Crippen MR) is 82.6 cm³/mol. The highest BCUT2D eigenvalue weighted by molar-refractivity contribution is 7.93. The summed E-state index contributed by atoms with van der Waals surface area (Å²) in [5.41, 5.74) is 1.61. The number of aromatic nitrogens is 2. The number of hydrogen-bond donors (Lipinski definition) is 1. The van der Waals surface area contributed by atoms with Crippen molar-refractivity contribution in [1.82, 2.24) is 9.97 Å². The number of hydrogen-bond acceptors (Lipinski definition) is 5. The van der Waals surface area contributed by atoms with E-state index >= 15 is 0 Å². The van der Waals surface area contributed by atoms with E-state index < -0.39 is 10.0 Å². The Balaban J connectivity index is 1.85. The molecule has 2 aromatic heterocycles. The molecule has 0 aliphatic rings. The van der Waals surface area contributed by atoms with Gasteiger partial charge in [0, 0.05) is 23.3 Å². The third-order valence-electron chi connectivity index (χ3n) is 2.76. The van der Waals surface area contributed by atoms with Crippen molar-refractivity contribution >= 4 is 26.5 Å². The lowest BCUT2D eigenvalue weighted by atomic mass is 10.2. The molecule has 3 aromatic rings. The molecule has 0 spiro atoms. The van der Waals surface area contributed by atoms with Crippen LogP contribution >= 0.6 is 11.3 Å². The van der Waals surface area contributed by atoms with Gasteiger partial charge in [-0.1, -0.05) is 18.2 Å². The summed E-state index contributed by atoms with van der Waals surface area (Å²) in [6.07, 6.45) is 3.34.